The van der Waals surface area contributed by atoms with Crippen LogP contribution in [0.1, 0.15) is 33.2 Å². The highest BCUT2D eigenvalue weighted by molar-refractivity contribution is 6.12. The van der Waals surface area contributed by atoms with Crippen LogP contribution in [-0.4, -0.2) is 38.5 Å². The van der Waals surface area contributed by atoms with Gasteiger partial charge in [-0.3, -0.25) is 9.59 Å². The monoisotopic (exact) mass is 484 g/mol. The molecule has 0 saturated carbocycles. The molecule has 3 aromatic rings. The van der Waals surface area contributed by atoms with Gasteiger partial charge in [0.05, 0.1) is 19.8 Å². The van der Waals surface area contributed by atoms with Crippen molar-refractivity contribution in [1.29, 1.82) is 0 Å². The molecule has 182 valence electrons. The highest BCUT2D eigenvalue weighted by atomic mass is 16.5. The lowest BCUT2D eigenvalue weighted by molar-refractivity contribution is 0.0920. The van der Waals surface area contributed by atoms with E-state index in [1.807, 2.05) is 37.3 Å². The lowest BCUT2D eigenvalue weighted by atomic mass is 10.0. The number of fused-ring (bicyclic) bond motifs is 2. The second-order valence-electron chi connectivity index (χ2n) is 8.32. The zero-order valence-electron chi connectivity index (χ0n) is 20.1. The zero-order valence-corrected chi connectivity index (χ0v) is 20.1. The summed E-state index contributed by atoms with van der Waals surface area (Å²) < 4.78 is 28.0. The summed E-state index contributed by atoms with van der Waals surface area (Å²) in [5, 5.41) is 0. The third-order valence-electron chi connectivity index (χ3n) is 6.03. The summed E-state index contributed by atoms with van der Waals surface area (Å²) in [6, 6.07) is 17.5. The Hall–Kier alpha value is -4.52. The molecule has 0 saturated heterocycles. The smallest absolute Gasteiger partial charge is 0.231 e. The Morgan fingerprint density at radius 3 is 2.58 bits per heavy atom. The fourth-order valence-electron chi connectivity index (χ4n) is 4.07. The molecule has 0 radical (unpaired) electrons. The van der Waals surface area contributed by atoms with Crippen LogP contribution in [0.2, 0.25) is 0 Å². The van der Waals surface area contributed by atoms with E-state index in [9.17, 15) is 9.59 Å². The van der Waals surface area contributed by atoms with Gasteiger partial charge in [-0.15, -0.1) is 0 Å². The summed E-state index contributed by atoms with van der Waals surface area (Å²) in [5.74, 6) is 2.37. The van der Waals surface area contributed by atoms with Crippen LogP contribution < -0.4 is 23.7 Å². The molecule has 2 aliphatic heterocycles. The average Bonchev–Trinajstić information content (AvgIpc) is 3.21. The van der Waals surface area contributed by atoms with Gasteiger partial charge in [0.25, 0.3) is 0 Å². The van der Waals surface area contributed by atoms with Gasteiger partial charge in [0.1, 0.15) is 23.4 Å². The van der Waals surface area contributed by atoms with Gasteiger partial charge in [-0.05, 0) is 61.0 Å². The first-order chi connectivity index (χ1) is 17.5. The van der Waals surface area contributed by atoms with Crippen molar-refractivity contribution in [3.63, 3.8) is 0 Å². The number of rotatable bonds is 7. The van der Waals surface area contributed by atoms with E-state index in [1.54, 1.807) is 42.5 Å². The highest BCUT2D eigenvalue weighted by Crippen LogP contribution is 2.36. The van der Waals surface area contributed by atoms with Crippen LogP contribution >= 0.6 is 0 Å². The minimum Gasteiger partial charge on any atom is -0.493 e. The molecule has 2 heterocycles. The van der Waals surface area contributed by atoms with E-state index in [1.165, 1.54) is 14.2 Å². The van der Waals surface area contributed by atoms with Gasteiger partial charge < -0.3 is 23.7 Å². The number of methoxy groups -OCH3 is 2. The minimum absolute atomic E-state index is 0.188. The first-order valence-electron chi connectivity index (χ1n) is 11.4. The predicted molar refractivity (Wildman–Crippen MR) is 133 cm³/mol. The molecule has 36 heavy (non-hydrogen) atoms. The zero-order chi connectivity index (χ0) is 25.2. The SMILES string of the molecule is COc1ccc(C(=O)COc2ccc3c(c2)O/C(=C\C2=Cc4ccccc4O[C@H]2C)C3=O)cc1OC. The fraction of sp³-hybridized carbons (Fsp3) is 0.172. The highest BCUT2D eigenvalue weighted by Gasteiger charge is 2.29. The maximum Gasteiger partial charge on any atom is 0.231 e. The normalized spacial score (nSPS) is 16.9. The molecule has 1 atom stereocenters. The van der Waals surface area contributed by atoms with Crippen molar-refractivity contribution in [1.82, 2.24) is 0 Å². The number of hydrogen-bond donors (Lipinski definition) is 0. The van der Waals surface area contributed by atoms with E-state index in [-0.39, 0.29) is 30.0 Å². The minimum atomic E-state index is -0.229. The lowest BCUT2D eigenvalue weighted by Gasteiger charge is -2.22. The predicted octanol–water partition coefficient (Wildman–Crippen LogP) is 5.29. The summed E-state index contributed by atoms with van der Waals surface area (Å²) in [4.78, 5) is 25.5. The van der Waals surface area contributed by atoms with Gasteiger partial charge in [-0.2, -0.15) is 0 Å². The molecule has 0 aliphatic carbocycles. The van der Waals surface area contributed by atoms with Gasteiger partial charge in [-0.1, -0.05) is 18.2 Å². The van der Waals surface area contributed by atoms with Crippen LogP contribution in [0.4, 0.5) is 0 Å². The van der Waals surface area contributed by atoms with Crippen LogP contribution in [0.3, 0.4) is 0 Å². The molecule has 0 aromatic heterocycles. The Bertz CT molecular complexity index is 1420. The molecule has 0 N–H and O–H groups in total. The van der Waals surface area contributed by atoms with E-state index < -0.39 is 0 Å². The largest absolute Gasteiger partial charge is 0.493 e. The number of carbonyl (C=O) groups excluding carboxylic acids is 2. The quantitative estimate of drug-likeness (QED) is 0.333. The molecule has 7 nitrogen and oxygen atoms in total. The number of Topliss-reactive ketones (excluding diaryl/α,β-unsaturated/α-hetero) is 2. The van der Waals surface area contributed by atoms with Crippen molar-refractivity contribution in [3.8, 4) is 28.7 Å². The maximum atomic E-state index is 12.9. The molecule has 0 spiro atoms. The summed E-state index contributed by atoms with van der Waals surface area (Å²) >= 11 is 0. The van der Waals surface area contributed by atoms with Crippen molar-refractivity contribution in [3.05, 3.63) is 94.8 Å². The molecule has 7 heteroatoms. The van der Waals surface area contributed by atoms with E-state index in [0.717, 1.165) is 16.9 Å². The van der Waals surface area contributed by atoms with E-state index in [4.69, 9.17) is 23.7 Å². The van der Waals surface area contributed by atoms with Crippen LogP contribution in [0.15, 0.2) is 78.1 Å². The Morgan fingerprint density at radius 2 is 1.78 bits per heavy atom. The molecular weight excluding hydrogens is 460 g/mol. The summed E-state index contributed by atoms with van der Waals surface area (Å²) in [7, 11) is 3.04. The Balaban J connectivity index is 1.30. The Morgan fingerprint density at radius 1 is 0.972 bits per heavy atom. The van der Waals surface area contributed by atoms with Gasteiger partial charge in [0.15, 0.2) is 29.6 Å². The third-order valence-corrected chi connectivity index (χ3v) is 6.03. The molecular formula is C29H24O7. The van der Waals surface area contributed by atoms with Crippen molar-refractivity contribution >= 4 is 17.6 Å². The number of ether oxygens (including phenoxy) is 5. The molecule has 0 amide bonds. The molecule has 2 aliphatic rings. The number of ketones is 2. The third kappa shape index (κ3) is 4.43. The van der Waals surface area contributed by atoms with Crippen molar-refractivity contribution in [2.45, 2.75) is 13.0 Å². The summed E-state index contributed by atoms with van der Waals surface area (Å²) in [5.41, 5.74) is 2.65. The fourth-order valence-corrected chi connectivity index (χ4v) is 4.07. The van der Waals surface area contributed by atoms with Gasteiger partial charge >= 0.3 is 0 Å². The molecule has 5 rings (SSSR count). The summed E-state index contributed by atoms with van der Waals surface area (Å²) in [6.07, 6.45) is 3.48. The van der Waals surface area contributed by atoms with Crippen molar-refractivity contribution in [2.75, 3.05) is 20.8 Å². The molecule has 0 bridgehead atoms. The standard InChI is InChI=1S/C29H24O7/c1-17-20(12-19-6-4-5-7-24(19)35-17)14-28-29(31)22-10-9-21(15-26(22)36-28)34-16-23(30)18-8-11-25(32-2)27(13-18)33-3/h4-15,17H,16H2,1-3H3/b28-14-/t17-/m0/s1. The number of hydrogen-bond acceptors (Lipinski definition) is 7. The van der Waals surface area contributed by atoms with Crippen LogP contribution in [0.25, 0.3) is 6.08 Å². The number of benzene rings is 3. The van der Waals surface area contributed by atoms with Crippen molar-refractivity contribution < 1.29 is 33.3 Å². The average molecular weight is 485 g/mol. The Labute approximate surface area is 208 Å². The van der Waals surface area contributed by atoms with Gasteiger partial charge in [-0.25, -0.2) is 0 Å². The number of para-hydroxylation sites is 1. The van der Waals surface area contributed by atoms with Crippen molar-refractivity contribution in [2.24, 2.45) is 0 Å². The second-order valence-corrected chi connectivity index (χ2v) is 8.32. The van der Waals surface area contributed by atoms with Crippen LogP contribution in [0.5, 0.6) is 28.7 Å². The second kappa shape index (κ2) is 9.62. The first-order valence-corrected chi connectivity index (χ1v) is 11.4. The first kappa shape index (κ1) is 23.2. The topological polar surface area (TPSA) is 80.3 Å². The van der Waals surface area contributed by atoms with Crippen LogP contribution in [0, 0.1) is 0 Å². The van der Waals surface area contributed by atoms with Crippen LogP contribution in [-0.2, 0) is 0 Å². The Kier molecular flexibility index (Phi) is 6.21. The van der Waals surface area contributed by atoms with E-state index >= 15 is 0 Å². The number of carbonyl (C=O) groups is 2. The molecule has 0 fully saturated rings. The molecule has 0 unspecified atom stereocenters. The lowest BCUT2D eigenvalue weighted by Crippen LogP contribution is -2.18. The summed E-state index contributed by atoms with van der Waals surface area (Å²) in [6.45, 7) is 1.73. The van der Waals surface area contributed by atoms with Gasteiger partial charge in [0.2, 0.25) is 5.78 Å². The van der Waals surface area contributed by atoms with E-state index in [2.05, 4.69) is 0 Å². The number of allylic oxidation sites excluding steroid dienone is 1. The molecule has 3 aromatic carbocycles. The maximum absolute atomic E-state index is 12.9. The van der Waals surface area contributed by atoms with E-state index in [0.29, 0.717) is 34.1 Å². The van der Waals surface area contributed by atoms with Gasteiger partial charge in [0, 0.05) is 17.2 Å².